The van der Waals surface area contributed by atoms with Crippen molar-refractivity contribution in [1.29, 1.82) is 0 Å². The van der Waals surface area contributed by atoms with Crippen LogP contribution >= 0.6 is 11.6 Å². The molecule has 0 saturated heterocycles. The van der Waals surface area contributed by atoms with Crippen LogP contribution in [0.3, 0.4) is 0 Å². The lowest BCUT2D eigenvalue weighted by Crippen LogP contribution is -2.42. The van der Waals surface area contributed by atoms with Crippen LogP contribution in [0.5, 0.6) is 0 Å². The van der Waals surface area contributed by atoms with E-state index in [1.165, 1.54) is 13.2 Å². The summed E-state index contributed by atoms with van der Waals surface area (Å²) in [5.41, 5.74) is -0.381. The number of hydrogen-bond acceptors (Lipinski definition) is 5. The minimum atomic E-state index is -1.65. The van der Waals surface area contributed by atoms with Crippen LogP contribution in [0.4, 0.5) is 0 Å². The van der Waals surface area contributed by atoms with E-state index in [1.54, 1.807) is 26.0 Å². The molecule has 0 radical (unpaired) electrons. The molecule has 5 nitrogen and oxygen atoms in total. The lowest BCUT2D eigenvalue weighted by Gasteiger charge is -2.33. The molecule has 2 atom stereocenters. The number of allylic oxidation sites excluding steroid dienone is 6. The minimum absolute atomic E-state index is 0.0514. The minimum Gasteiger partial charge on any atom is -0.464 e. The van der Waals surface area contributed by atoms with Gasteiger partial charge in [-0.05, 0) is 44.4 Å². The Bertz CT molecular complexity index is 1000. The van der Waals surface area contributed by atoms with E-state index in [-0.39, 0.29) is 16.2 Å². The monoisotopic (exact) mass is 414 g/mol. The maximum Gasteiger partial charge on any atom is 0.343 e. The van der Waals surface area contributed by atoms with Crippen LogP contribution in [0.25, 0.3) is 0 Å². The van der Waals surface area contributed by atoms with Crippen LogP contribution in [0.2, 0.25) is 0 Å². The SMILES string of the molecule is C/C=C(\C)C(=O)C1=C2C3=COC(/C=C/[C@@H](C)CC)=CC3=C(Cl)C(=O)[C@@]2(C)OC1=O. The summed E-state index contributed by atoms with van der Waals surface area (Å²) in [6.07, 6.45) is 9.48. The first-order valence-electron chi connectivity index (χ1n) is 9.53. The Kier molecular flexibility index (Phi) is 5.54. The molecule has 0 aromatic heterocycles. The fourth-order valence-corrected chi connectivity index (χ4v) is 3.68. The highest BCUT2D eigenvalue weighted by Crippen LogP contribution is 2.49. The molecular weight excluding hydrogens is 392 g/mol. The summed E-state index contributed by atoms with van der Waals surface area (Å²) in [6, 6.07) is 0. The number of carbonyl (C=O) groups is 3. The van der Waals surface area contributed by atoms with Gasteiger partial charge in [-0.3, -0.25) is 9.59 Å². The standard InChI is InChI=1S/C23H23ClO5/c1-6-12(3)8-9-14-10-15-16(11-28-14)18-17(20(25)13(4)7-2)22(27)29-23(18,5)21(26)19(15)24/h7-12H,6H2,1-5H3/b9-8+,13-7+/t12-,23-/m0/s1. The Balaban J connectivity index is 2.17. The molecule has 2 heterocycles. The Hall–Kier alpha value is -2.66. The van der Waals surface area contributed by atoms with Crippen molar-refractivity contribution >= 4 is 29.1 Å². The molecule has 0 saturated carbocycles. The molecule has 0 spiro atoms. The predicted octanol–water partition coefficient (Wildman–Crippen LogP) is 4.61. The average molecular weight is 415 g/mol. The molecule has 0 amide bonds. The first kappa shape index (κ1) is 21.1. The third-order valence-corrected chi connectivity index (χ3v) is 5.88. The summed E-state index contributed by atoms with van der Waals surface area (Å²) >= 11 is 6.37. The van der Waals surface area contributed by atoms with Gasteiger partial charge >= 0.3 is 5.97 Å². The van der Waals surface area contributed by atoms with Gasteiger partial charge in [-0.1, -0.05) is 44.0 Å². The molecule has 0 unspecified atom stereocenters. The van der Waals surface area contributed by atoms with E-state index in [4.69, 9.17) is 21.1 Å². The largest absolute Gasteiger partial charge is 0.464 e. The number of esters is 1. The molecule has 3 rings (SSSR count). The number of fused-ring (bicyclic) bond motifs is 3. The van der Waals surface area contributed by atoms with Crippen molar-refractivity contribution in [2.75, 3.05) is 0 Å². The van der Waals surface area contributed by atoms with E-state index in [9.17, 15) is 14.4 Å². The van der Waals surface area contributed by atoms with Gasteiger partial charge in [0, 0.05) is 16.7 Å². The normalized spacial score (nSPS) is 25.4. The fraction of sp³-hybridized carbons (Fsp3) is 0.348. The first-order chi connectivity index (χ1) is 13.7. The van der Waals surface area contributed by atoms with E-state index in [1.807, 2.05) is 12.2 Å². The number of carbonyl (C=O) groups excluding carboxylic acids is 3. The molecule has 0 aromatic carbocycles. The second kappa shape index (κ2) is 7.64. The van der Waals surface area contributed by atoms with E-state index in [2.05, 4.69) is 13.8 Å². The highest BCUT2D eigenvalue weighted by molar-refractivity contribution is 6.46. The van der Waals surface area contributed by atoms with Gasteiger partial charge in [0.2, 0.25) is 5.78 Å². The van der Waals surface area contributed by atoms with Gasteiger partial charge in [0.1, 0.15) is 11.3 Å². The summed E-state index contributed by atoms with van der Waals surface area (Å²) in [6.45, 7) is 8.93. The smallest absolute Gasteiger partial charge is 0.343 e. The Morgan fingerprint density at radius 1 is 1.34 bits per heavy atom. The third-order valence-electron chi connectivity index (χ3n) is 5.51. The number of ketones is 2. The molecular formula is C23H23ClO5. The zero-order chi connectivity index (χ0) is 21.5. The number of Topliss-reactive ketones (excluding diaryl/α,β-unsaturated/α-hetero) is 2. The van der Waals surface area contributed by atoms with Crippen LogP contribution in [0, 0.1) is 5.92 Å². The molecule has 152 valence electrons. The van der Waals surface area contributed by atoms with Gasteiger partial charge in [-0.2, -0.15) is 0 Å². The molecule has 0 N–H and O–H groups in total. The zero-order valence-corrected chi connectivity index (χ0v) is 17.8. The Labute approximate surface area is 175 Å². The number of rotatable bonds is 5. The molecule has 1 aliphatic carbocycles. The number of halogens is 1. The summed E-state index contributed by atoms with van der Waals surface area (Å²) in [5, 5.41) is -0.0514. The highest BCUT2D eigenvalue weighted by Gasteiger charge is 2.57. The molecule has 6 heteroatoms. The summed E-state index contributed by atoms with van der Waals surface area (Å²) in [5.74, 6) is -0.989. The lowest BCUT2D eigenvalue weighted by atomic mass is 9.75. The summed E-state index contributed by atoms with van der Waals surface area (Å²) in [7, 11) is 0. The topological polar surface area (TPSA) is 69.7 Å². The number of hydrogen-bond donors (Lipinski definition) is 0. The summed E-state index contributed by atoms with van der Waals surface area (Å²) < 4.78 is 11.1. The molecule has 0 fully saturated rings. The highest BCUT2D eigenvalue weighted by atomic mass is 35.5. The van der Waals surface area contributed by atoms with Crippen molar-refractivity contribution in [3.8, 4) is 0 Å². The number of ether oxygens (including phenoxy) is 2. The van der Waals surface area contributed by atoms with Crippen molar-refractivity contribution in [1.82, 2.24) is 0 Å². The second-order valence-electron chi connectivity index (χ2n) is 7.47. The van der Waals surface area contributed by atoms with Gasteiger partial charge in [0.05, 0.1) is 11.3 Å². The maximum atomic E-state index is 13.0. The Morgan fingerprint density at radius 3 is 2.66 bits per heavy atom. The van der Waals surface area contributed by atoms with E-state index in [0.29, 0.717) is 28.4 Å². The second-order valence-corrected chi connectivity index (χ2v) is 7.85. The average Bonchev–Trinajstić information content (AvgIpc) is 3.00. The van der Waals surface area contributed by atoms with E-state index in [0.717, 1.165) is 6.42 Å². The van der Waals surface area contributed by atoms with Gasteiger partial charge in [0.15, 0.2) is 11.4 Å². The quantitative estimate of drug-likeness (QED) is 0.373. The molecule has 0 aromatic rings. The van der Waals surface area contributed by atoms with Crippen LogP contribution in [0.1, 0.15) is 41.0 Å². The maximum absolute atomic E-state index is 13.0. The van der Waals surface area contributed by atoms with Crippen molar-refractivity contribution in [2.24, 2.45) is 5.92 Å². The van der Waals surface area contributed by atoms with Gasteiger partial charge in [-0.25, -0.2) is 4.79 Å². The first-order valence-corrected chi connectivity index (χ1v) is 9.91. The zero-order valence-electron chi connectivity index (χ0n) is 17.1. The van der Waals surface area contributed by atoms with Crippen LogP contribution in [-0.2, 0) is 23.9 Å². The van der Waals surface area contributed by atoms with E-state index < -0.39 is 23.1 Å². The van der Waals surface area contributed by atoms with Gasteiger partial charge in [-0.15, -0.1) is 0 Å². The van der Waals surface area contributed by atoms with Crippen molar-refractivity contribution in [3.63, 3.8) is 0 Å². The van der Waals surface area contributed by atoms with Crippen LogP contribution in [-0.4, -0.2) is 23.1 Å². The summed E-state index contributed by atoms with van der Waals surface area (Å²) in [4.78, 5) is 38.4. The molecule has 2 aliphatic heterocycles. The van der Waals surface area contributed by atoms with Crippen LogP contribution < -0.4 is 0 Å². The van der Waals surface area contributed by atoms with Gasteiger partial charge in [0.25, 0.3) is 0 Å². The van der Waals surface area contributed by atoms with Gasteiger partial charge < -0.3 is 9.47 Å². The van der Waals surface area contributed by atoms with E-state index >= 15 is 0 Å². The van der Waals surface area contributed by atoms with Crippen molar-refractivity contribution in [3.05, 3.63) is 69.2 Å². The third kappa shape index (κ3) is 3.33. The molecule has 3 aliphatic rings. The molecule has 29 heavy (non-hydrogen) atoms. The Morgan fingerprint density at radius 2 is 2.03 bits per heavy atom. The predicted molar refractivity (Wildman–Crippen MR) is 110 cm³/mol. The van der Waals surface area contributed by atoms with Crippen molar-refractivity contribution in [2.45, 2.75) is 46.6 Å². The van der Waals surface area contributed by atoms with Crippen LogP contribution in [0.15, 0.2) is 69.2 Å². The lowest BCUT2D eigenvalue weighted by molar-refractivity contribution is -0.153. The molecule has 0 bridgehead atoms. The fourth-order valence-electron chi connectivity index (χ4n) is 3.35. The van der Waals surface area contributed by atoms with Crippen molar-refractivity contribution < 1.29 is 23.9 Å².